The number of para-hydroxylation sites is 2. The van der Waals surface area contributed by atoms with Gasteiger partial charge in [0.1, 0.15) is 18.3 Å². The molecule has 0 aliphatic heterocycles. The van der Waals surface area contributed by atoms with E-state index in [0.717, 1.165) is 5.56 Å². The van der Waals surface area contributed by atoms with Crippen LogP contribution in [0.15, 0.2) is 54.6 Å². The third kappa shape index (κ3) is 5.10. The van der Waals surface area contributed by atoms with Crippen LogP contribution in [0.2, 0.25) is 0 Å². The van der Waals surface area contributed by atoms with Crippen molar-refractivity contribution in [3.63, 3.8) is 0 Å². The summed E-state index contributed by atoms with van der Waals surface area (Å²) < 4.78 is 5.15. The molecule has 126 valence electrons. The molecule has 3 N–H and O–H groups in total. The van der Waals surface area contributed by atoms with Crippen molar-refractivity contribution in [3.05, 3.63) is 60.2 Å². The van der Waals surface area contributed by atoms with Gasteiger partial charge in [-0.25, -0.2) is 0 Å². The molecule has 1 amide bonds. The molecule has 0 aromatic heterocycles. The molecule has 0 spiro atoms. The number of carbonyl (C=O) groups is 2. The lowest BCUT2D eigenvalue weighted by atomic mass is 10.1. The van der Waals surface area contributed by atoms with Gasteiger partial charge < -0.3 is 25.3 Å². The number of carbonyl (C=O) groups excluding carboxylic acids is 2. The number of carboxylic acids is 1. The molecule has 6 heteroatoms. The average Bonchev–Trinajstić information content (AvgIpc) is 2.59. The first-order valence-electron chi connectivity index (χ1n) is 7.61. The van der Waals surface area contributed by atoms with Crippen LogP contribution in [0.4, 0.5) is 5.69 Å². The maximum absolute atomic E-state index is 12.1. The van der Waals surface area contributed by atoms with E-state index >= 15 is 0 Å². The number of rotatable bonds is 8. The highest BCUT2D eigenvalue weighted by atomic mass is 16.5. The van der Waals surface area contributed by atoms with Crippen molar-refractivity contribution in [1.82, 2.24) is 0 Å². The zero-order valence-corrected chi connectivity index (χ0v) is 13.4. The summed E-state index contributed by atoms with van der Waals surface area (Å²) in [7, 11) is 1.50. The lowest BCUT2D eigenvalue weighted by molar-refractivity contribution is -0.697. The van der Waals surface area contributed by atoms with E-state index in [1.54, 1.807) is 29.6 Å². The Kier molecular flexibility index (Phi) is 6.33. The van der Waals surface area contributed by atoms with Gasteiger partial charge in [0, 0.05) is 5.56 Å². The summed E-state index contributed by atoms with van der Waals surface area (Å²) in [5.41, 5.74) is 1.49. The van der Waals surface area contributed by atoms with Crippen LogP contribution < -0.4 is 20.5 Å². The van der Waals surface area contributed by atoms with Crippen LogP contribution >= 0.6 is 0 Å². The first kappa shape index (κ1) is 17.5. The van der Waals surface area contributed by atoms with Crippen molar-refractivity contribution in [1.29, 1.82) is 0 Å². The van der Waals surface area contributed by atoms with Crippen LogP contribution in [0.25, 0.3) is 0 Å². The second-order valence-electron chi connectivity index (χ2n) is 5.30. The van der Waals surface area contributed by atoms with E-state index in [1.807, 2.05) is 30.3 Å². The number of nitrogens with two attached hydrogens (primary N) is 1. The number of nitrogens with one attached hydrogen (secondary N) is 1. The quantitative estimate of drug-likeness (QED) is 0.708. The Morgan fingerprint density at radius 2 is 1.79 bits per heavy atom. The first-order valence-corrected chi connectivity index (χ1v) is 7.61. The van der Waals surface area contributed by atoms with E-state index in [4.69, 9.17) is 4.74 Å². The van der Waals surface area contributed by atoms with Crippen LogP contribution in [0.5, 0.6) is 5.75 Å². The standard InChI is InChI=1S/C18H20N2O4/c1-24-16-10-6-5-9-14(16)20-17(21)11-15(18(22)23)19-12-13-7-3-2-4-8-13/h2-10,15,19H,11-12H2,1H3,(H,20,21)(H,22,23)/t15-/m1/s1. The number of benzene rings is 2. The average molecular weight is 328 g/mol. The lowest BCUT2D eigenvalue weighted by Gasteiger charge is -2.17. The highest BCUT2D eigenvalue weighted by molar-refractivity contribution is 5.94. The summed E-state index contributed by atoms with van der Waals surface area (Å²) in [6.45, 7) is 0.460. The minimum absolute atomic E-state index is 0.187. The number of hydrogen-bond donors (Lipinski definition) is 2. The molecule has 0 radical (unpaired) electrons. The zero-order valence-electron chi connectivity index (χ0n) is 13.4. The summed E-state index contributed by atoms with van der Waals surface area (Å²) >= 11 is 0. The predicted octanol–water partition coefficient (Wildman–Crippen LogP) is -0.0941. The summed E-state index contributed by atoms with van der Waals surface area (Å²) in [5, 5.41) is 15.5. The van der Waals surface area contributed by atoms with Crippen molar-refractivity contribution in [2.24, 2.45) is 0 Å². The van der Waals surface area contributed by atoms with Gasteiger partial charge in [0.15, 0.2) is 0 Å². The Morgan fingerprint density at radius 3 is 2.46 bits per heavy atom. The van der Waals surface area contributed by atoms with Gasteiger partial charge in [-0.15, -0.1) is 0 Å². The third-order valence-electron chi connectivity index (χ3n) is 3.57. The van der Waals surface area contributed by atoms with Crippen molar-refractivity contribution in [2.45, 2.75) is 19.0 Å². The molecule has 0 saturated heterocycles. The van der Waals surface area contributed by atoms with Gasteiger partial charge in [-0.05, 0) is 12.1 Å². The fourth-order valence-electron chi connectivity index (χ4n) is 2.30. The van der Waals surface area contributed by atoms with Crippen molar-refractivity contribution in [2.75, 3.05) is 12.4 Å². The van der Waals surface area contributed by atoms with Gasteiger partial charge in [0.25, 0.3) is 0 Å². The van der Waals surface area contributed by atoms with Gasteiger partial charge in [0.2, 0.25) is 5.91 Å². The minimum Gasteiger partial charge on any atom is -0.544 e. The van der Waals surface area contributed by atoms with Gasteiger partial charge >= 0.3 is 0 Å². The maximum atomic E-state index is 12.1. The van der Waals surface area contributed by atoms with E-state index in [2.05, 4.69) is 5.32 Å². The Labute approximate surface area is 140 Å². The normalized spacial score (nSPS) is 11.5. The summed E-state index contributed by atoms with van der Waals surface area (Å²) in [6.07, 6.45) is -0.187. The van der Waals surface area contributed by atoms with Crippen LogP contribution in [-0.2, 0) is 16.1 Å². The molecule has 2 aromatic rings. The second-order valence-corrected chi connectivity index (χ2v) is 5.30. The minimum atomic E-state index is -1.26. The molecule has 0 fully saturated rings. The smallest absolute Gasteiger partial charge is 0.230 e. The van der Waals surface area contributed by atoms with Crippen molar-refractivity contribution in [3.8, 4) is 5.75 Å². The number of carboxylic acid groups (broad SMARTS) is 1. The predicted molar refractivity (Wildman–Crippen MR) is 87.1 cm³/mol. The Bertz CT molecular complexity index is 688. The Morgan fingerprint density at radius 1 is 1.12 bits per heavy atom. The van der Waals surface area contributed by atoms with E-state index in [9.17, 15) is 14.7 Å². The summed E-state index contributed by atoms with van der Waals surface area (Å²) in [5.74, 6) is -1.15. The summed E-state index contributed by atoms with van der Waals surface area (Å²) in [4.78, 5) is 23.4. The van der Waals surface area contributed by atoms with Crippen LogP contribution in [0.1, 0.15) is 12.0 Å². The highest BCUT2D eigenvalue weighted by Gasteiger charge is 2.19. The molecule has 0 bridgehead atoms. The monoisotopic (exact) mass is 328 g/mol. The Balaban J connectivity index is 1.94. The molecule has 24 heavy (non-hydrogen) atoms. The molecular formula is C18H20N2O4. The van der Waals surface area contributed by atoms with Crippen LogP contribution in [-0.4, -0.2) is 25.0 Å². The Hall–Kier alpha value is -2.86. The molecule has 1 atom stereocenters. The van der Waals surface area contributed by atoms with E-state index in [1.165, 1.54) is 7.11 Å². The van der Waals surface area contributed by atoms with E-state index in [0.29, 0.717) is 18.0 Å². The number of amides is 1. The topological polar surface area (TPSA) is 95.1 Å². The molecule has 2 rings (SSSR count). The van der Waals surface area contributed by atoms with Crippen LogP contribution in [0, 0.1) is 0 Å². The number of aliphatic carboxylic acids is 1. The molecule has 0 aliphatic carbocycles. The second kappa shape index (κ2) is 8.69. The van der Waals surface area contributed by atoms with E-state index in [-0.39, 0.29) is 6.42 Å². The fraction of sp³-hybridized carbons (Fsp3) is 0.222. The molecule has 6 nitrogen and oxygen atoms in total. The van der Waals surface area contributed by atoms with Gasteiger partial charge in [0.05, 0.1) is 25.2 Å². The van der Waals surface area contributed by atoms with Gasteiger partial charge in [-0.1, -0.05) is 42.5 Å². The SMILES string of the molecule is COc1ccccc1NC(=O)C[C@@H]([NH2+]Cc1ccccc1)C(=O)[O-]. The first-order chi connectivity index (χ1) is 11.6. The van der Waals surface area contributed by atoms with Crippen molar-refractivity contribution < 1.29 is 24.7 Å². The van der Waals surface area contributed by atoms with E-state index < -0.39 is 17.9 Å². The lowest BCUT2D eigenvalue weighted by Crippen LogP contribution is -2.92. The third-order valence-corrected chi connectivity index (χ3v) is 3.57. The number of hydrogen-bond acceptors (Lipinski definition) is 4. The fourth-order valence-corrected chi connectivity index (χ4v) is 2.30. The van der Waals surface area contributed by atoms with Crippen molar-refractivity contribution >= 4 is 17.6 Å². The van der Waals surface area contributed by atoms with Gasteiger partial charge in [-0.2, -0.15) is 0 Å². The zero-order chi connectivity index (χ0) is 17.4. The van der Waals surface area contributed by atoms with Gasteiger partial charge in [-0.3, -0.25) is 4.79 Å². The molecule has 0 aliphatic rings. The number of ether oxygens (including phenoxy) is 1. The highest BCUT2D eigenvalue weighted by Crippen LogP contribution is 2.23. The molecular weight excluding hydrogens is 308 g/mol. The summed E-state index contributed by atoms with van der Waals surface area (Å²) in [6, 6.07) is 15.4. The molecule has 2 aromatic carbocycles. The number of quaternary nitrogens is 1. The number of methoxy groups -OCH3 is 1. The number of anilines is 1. The maximum Gasteiger partial charge on any atom is 0.230 e. The molecule has 0 unspecified atom stereocenters. The largest absolute Gasteiger partial charge is 0.544 e. The molecule has 0 saturated carbocycles. The molecule has 0 heterocycles. The van der Waals surface area contributed by atoms with Crippen LogP contribution in [0.3, 0.4) is 0 Å².